The van der Waals surface area contributed by atoms with E-state index in [9.17, 15) is 18.0 Å². The highest BCUT2D eigenvalue weighted by atomic mass is 32.1. The molecule has 0 unspecified atom stereocenters. The summed E-state index contributed by atoms with van der Waals surface area (Å²) in [6, 6.07) is 0. The molecule has 15 heavy (non-hydrogen) atoms. The fraction of sp³-hybridized carbons (Fsp3) is 0.500. The van der Waals surface area contributed by atoms with E-state index in [2.05, 4.69) is 4.98 Å². The van der Waals surface area contributed by atoms with Gasteiger partial charge in [0.2, 0.25) is 0 Å². The van der Waals surface area contributed by atoms with E-state index in [4.69, 9.17) is 5.11 Å². The van der Waals surface area contributed by atoms with Crippen molar-refractivity contribution in [2.75, 3.05) is 0 Å². The van der Waals surface area contributed by atoms with Crippen LogP contribution in [0.5, 0.6) is 0 Å². The predicted octanol–water partition coefficient (Wildman–Crippen LogP) is 2.98. The summed E-state index contributed by atoms with van der Waals surface area (Å²) in [7, 11) is 0. The van der Waals surface area contributed by atoms with Crippen LogP contribution in [0, 0.1) is 0 Å². The molecule has 7 heteroatoms. The molecule has 1 heterocycles. The van der Waals surface area contributed by atoms with Gasteiger partial charge in [0.1, 0.15) is 4.88 Å². The van der Waals surface area contributed by atoms with Crippen LogP contribution in [0.25, 0.3) is 0 Å². The molecule has 84 valence electrons. The zero-order valence-electron chi connectivity index (χ0n) is 7.92. The molecule has 3 nitrogen and oxygen atoms in total. The number of halogens is 3. The lowest BCUT2D eigenvalue weighted by atomic mass is 10.1. The fourth-order valence-electron chi connectivity index (χ4n) is 0.998. The normalized spacial score (nSPS) is 12.1. The van der Waals surface area contributed by atoms with Crippen LogP contribution < -0.4 is 0 Å². The average Bonchev–Trinajstić information content (AvgIpc) is 2.45. The molecule has 0 aliphatic carbocycles. The van der Waals surface area contributed by atoms with Gasteiger partial charge in [-0.1, -0.05) is 13.8 Å². The minimum Gasteiger partial charge on any atom is -0.477 e. The van der Waals surface area contributed by atoms with Gasteiger partial charge in [0.25, 0.3) is 0 Å². The van der Waals surface area contributed by atoms with Crippen molar-refractivity contribution in [1.29, 1.82) is 0 Å². The number of rotatable bonds is 2. The first-order chi connectivity index (χ1) is 6.73. The van der Waals surface area contributed by atoms with Crippen LogP contribution in [0.1, 0.15) is 40.1 Å². The summed E-state index contributed by atoms with van der Waals surface area (Å²) in [5.41, 5.74) is -0.0141. The number of nitrogens with zero attached hydrogens (tertiary/aromatic N) is 1. The molecule has 1 rings (SSSR count). The van der Waals surface area contributed by atoms with Crippen molar-refractivity contribution in [2.45, 2.75) is 25.9 Å². The summed E-state index contributed by atoms with van der Waals surface area (Å²) in [5.74, 6) is -1.71. The average molecular weight is 239 g/mol. The Morgan fingerprint density at radius 3 is 2.27 bits per heavy atom. The first-order valence-electron chi connectivity index (χ1n) is 4.04. The van der Waals surface area contributed by atoms with E-state index in [1.165, 1.54) is 0 Å². The molecule has 1 aromatic rings. The third-order valence-electron chi connectivity index (χ3n) is 1.64. The Bertz CT molecular complexity index is 384. The standard InChI is InChI=1S/C8H8F3NO2S/c1-3(2)4-5(6(13)14)15-7(12-4)8(9,10)11/h3H,1-2H3,(H,13,14). The van der Waals surface area contributed by atoms with Crippen molar-refractivity contribution in [3.05, 3.63) is 15.6 Å². The number of hydrogen-bond acceptors (Lipinski definition) is 3. The number of aromatic carboxylic acids is 1. The second-order valence-electron chi connectivity index (χ2n) is 3.19. The molecule has 0 bridgehead atoms. The lowest BCUT2D eigenvalue weighted by Gasteiger charge is -2.01. The van der Waals surface area contributed by atoms with Crippen molar-refractivity contribution < 1.29 is 23.1 Å². The highest BCUT2D eigenvalue weighted by Crippen LogP contribution is 2.36. The Morgan fingerprint density at radius 2 is 2.00 bits per heavy atom. The van der Waals surface area contributed by atoms with E-state index >= 15 is 0 Å². The Kier molecular flexibility index (Phi) is 3.03. The smallest absolute Gasteiger partial charge is 0.443 e. The summed E-state index contributed by atoms with van der Waals surface area (Å²) in [5, 5.41) is 7.59. The molecule has 0 fully saturated rings. The highest BCUT2D eigenvalue weighted by molar-refractivity contribution is 7.13. The number of carbonyl (C=O) groups is 1. The first kappa shape index (κ1) is 12.0. The van der Waals surface area contributed by atoms with Gasteiger partial charge in [-0.05, 0) is 5.92 Å². The minimum absolute atomic E-state index is 0.0141. The maximum absolute atomic E-state index is 12.3. The van der Waals surface area contributed by atoms with Crippen molar-refractivity contribution in [2.24, 2.45) is 0 Å². The molecule has 0 atom stereocenters. The Morgan fingerprint density at radius 1 is 1.47 bits per heavy atom. The molecule has 0 amide bonds. The van der Waals surface area contributed by atoms with E-state index in [0.29, 0.717) is 0 Å². The van der Waals surface area contributed by atoms with Crippen LogP contribution in [0.4, 0.5) is 13.2 Å². The Labute approximate surface area is 87.6 Å². The van der Waals surface area contributed by atoms with Crippen LogP contribution in [0.3, 0.4) is 0 Å². The van der Waals surface area contributed by atoms with Crippen LogP contribution >= 0.6 is 11.3 Å². The second-order valence-corrected chi connectivity index (χ2v) is 4.19. The van der Waals surface area contributed by atoms with Crippen LogP contribution in [0.2, 0.25) is 0 Å². The van der Waals surface area contributed by atoms with Gasteiger partial charge < -0.3 is 5.11 Å². The summed E-state index contributed by atoms with van der Waals surface area (Å²) in [4.78, 5) is 13.6. The Hall–Kier alpha value is -1.11. The molecular weight excluding hydrogens is 231 g/mol. The van der Waals surface area contributed by atoms with E-state index < -0.39 is 17.2 Å². The maximum Gasteiger partial charge on any atom is 0.443 e. The molecule has 1 aromatic heterocycles. The largest absolute Gasteiger partial charge is 0.477 e. The highest BCUT2D eigenvalue weighted by Gasteiger charge is 2.37. The van der Waals surface area contributed by atoms with Crippen LogP contribution in [0.15, 0.2) is 0 Å². The first-order valence-corrected chi connectivity index (χ1v) is 4.86. The van der Waals surface area contributed by atoms with Crippen LogP contribution in [-0.2, 0) is 6.18 Å². The molecular formula is C8H8F3NO2S. The van der Waals surface area contributed by atoms with Crippen molar-refractivity contribution in [3.63, 3.8) is 0 Å². The lowest BCUT2D eigenvalue weighted by Crippen LogP contribution is -2.04. The number of carboxylic acid groups (broad SMARTS) is 1. The molecule has 0 radical (unpaired) electrons. The number of alkyl halides is 3. The maximum atomic E-state index is 12.3. The SMILES string of the molecule is CC(C)c1nc(C(F)(F)F)sc1C(=O)O. The van der Waals surface area contributed by atoms with Gasteiger partial charge in [0, 0.05) is 0 Å². The monoisotopic (exact) mass is 239 g/mol. The molecule has 0 aliphatic heterocycles. The summed E-state index contributed by atoms with van der Waals surface area (Å²) < 4.78 is 36.8. The molecule has 0 aromatic carbocycles. The van der Waals surface area contributed by atoms with Gasteiger partial charge in [0.15, 0.2) is 5.01 Å². The van der Waals surface area contributed by atoms with E-state index in [1.54, 1.807) is 13.8 Å². The zero-order valence-corrected chi connectivity index (χ0v) is 8.74. The lowest BCUT2D eigenvalue weighted by molar-refractivity contribution is -0.137. The van der Waals surface area contributed by atoms with Gasteiger partial charge in [-0.15, -0.1) is 11.3 Å². The van der Waals surface area contributed by atoms with Crippen molar-refractivity contribution in [3.8, 4) is 0 Å². The molecule has 1 N–H and O–H groups in total. The number of thiazole rings is 1. The van der Waals surface area contributed by atoms with Gasteiger partial charge >= 0.3 is 12.1 Å². The molecule has 0 aliphatic rings. The number of aromatic nitrogens is 1. The van der Waals surface area contributed by atoms with Gasteiger partial charge in [-0.3, -0.25) is 0 Å². The minimum atomic E-state index is -4.58. The van der Waals surface area contributed by atoms with Crippen LogP contribution in [-0.4, -0.2) is 16.1 Å². The van der Waals surface area contributed by atoms with Gasteiger partial charge in [0.05, 0.1) is 5.69 Å². The molecule has 0 saturated carbocycles. The van der Waals surface area contributed by atoms with E-state index in [1.807, 2.05) is 0 Å². The van der Waals surface area contributed by atoms with Gasteiger partial charge in [-0.25, -0.2) is 9.78 Å². The predicted molar refractivity (Wildman–Crippen MR) is 48.2 cm³/mol. The third kappa shape index (κ3) is 2.47. The quantitative estimate of drug-likeness (QED) is 0.863. The van der Waals surface area contributed by atoms with Gasteiger partial charge in [-0.2, -0.15) is 13.2 Å². The fourth-order valence-corrected chi connectivity index (χ4v) is 1.92. The third-order valence-corrected chi connectivity index (χ3v) is 2.74. The van der Waals surface area contributed by atoms with E-state index in [0.717, 1.165) is 0 Å². The molecule has 0 spiro atoms. The van der Waals surface area contributed by atoms with E-state index in [-0.39, 0.29) is 27.8 Å². The summed E-state index contributed by atoms with van der Waals surface area (Å²) in [6.07, 6.45) is -4.58. The van der Waals surface area contributed by atoms with Crippen molar-refractivity contribution in [1.82, 2.24) is 4.98 Å². The summed E-state index contributed by atoms with van der Waals surface area (Å²) >= 11 is 0.167. The molecule has 0 saturated heterocycles. The topological polar surface area (TPSA) is 50.2 Å². The zero-order chi connectivity index (χ0) is 11.8. The number of hydrogen-bond donors (Lipinski definition) is 1. The second kappa shape index (κ2) is 3.80. The Balaban J connectivity index is 3.28. The number of carboxylic acids is 1. The van der Waals surface area contributed by atoms with Crippen molar-refractivity contribution >= 4 is 17.3 Å². The summed E-state index contributed by atoms with van der Waals surface area (Å²) in [6.45, 7) is 3.20.